The SMILES string of the molecule is COC(=O)c1nc(Br)sc1-c1ccc(C)cc1. The minimum atomic E-state index is -0.414. The van der Waals surface area contributed by atoms with Gasteiger partial charge in [0.05, 0.1) is 12.0 Å². The van der Waals surface area contributed by atoms with Gasteiger partial charge in [-0.25, -0.2) is 9.78 Å². The summed E-state index contributed by atoms with van der Waals surface area (Å²) in [6, 6.07) is 7.96. The van der Waals surface area contributed by atoms with Gasteiger partial charge >= 0.3 is 5.97 Å². The second-order valence-corrected chi connectivity index (χ2v) is 5.78. The summed E-state index contributed by atoms with van der Waals surface area (Å²) in [4.78, 5) is 16.6. The highest BCUT2D eigenvalue weighted by Crippen LogP contribution is 2.33. The van der Waals surface area contributed by atoms with Crippen molar-refractivity contribution < 1.29 is 9.53 Å². The third kappa shape index (κ3) is 2.56. The number of hydrogen-bond donors (Lipinski definition) is 0. The molecule has 1 aromatic carbocycles. The van der Waals surface area contributed by atoms with E-state index in [1.165, 1.54) is 24.0 Å². The number of aromatic nitrogens is 1. The maximum Gasteiger partial charge on any atom is 0.358 e. The van der Waals surface area contributed by atoms with Crippen molar-refractivity contribution >= 4 is 33.2 Å². The Hall–Kier alpha value is -1.20. The zero-order chi connectivity index (χ0) is 12.4. The van der Waals surface area contributed by atoms with Gasteiger partial charge in [0.25, 0.3) is 0 Å². The van der Waals surface area contributed by atoms with Crippen LogP contribution in [0.3, 0.4) is 0 Å². The number of halogens is 1. The standard InChI is InChI=1S/C12H10BrNO2S/c1-7-3-5-8(6-4-7)10-9(11(15)16-2)14-12(13)17-10/h3-6H,1-2H3. The van der Waals surface area contributed by atoms with Crippen LogP contribution in [-0.4, -0.2) is 18.1 Å². The molecular formula is C12H10BrNO2S. The van der Waals surface area contributed by atoms with Crippen LogP contribution >= 0.6 is 27.3 Å². The second-order valence-electron chi connectivity index (χ2n) is 3.50. The predicted molar refractivity (Wildman–Crippen MR) is 71.3 cm³/mol. The van der Waals surface area contributed by atoms with Gasteiger partial charge in [-0.05, 0) is 28.4 Å². The molecule has 0 amide bonds. The zero-order valence-electron chi connectivity index (χ0n) is 9.36. The first-order chi connectivity index (χ1) is 8.11. The number of carbonyl (C=O) groups excluding carboxylic acids is 1. The van der Waals surface area contributed by atoms with Crippen LogP contribution in [0.25, 0.3) is 10.4 Å². The molecule has 0 N–H and O–H groups in total. The first-order valence-electron chi connectivity index (χ1n) is 4.93. The summed E-state index contributed by atoms with van der Waals surface area (Å²) < 4.78 is 5.39. The average molecular weight is 312 g/mol. The number of thiazole rings is 1. The fourth-order valence-electron chi connectivity index (χ4n) is 1.43. The summed E-state index contributed by atoms with van der Waals surface area (Å²) in [5.41, 5.74) is 2.50. The summed E-state index contributed by atoms with van der Waals surface area (Å²) in [6.45, 7) is 2.02. The van der Waals surface area contributed by atoms with Gasteiger partial charge in [-0.15, -0.1) is 11.3 Å². The number of hydrogen-bond acceptors (Lipinski definition) is 4. The highest BCUT2D eigenvalue weighted by atomic mass is 79.9. The molecule has 0 fully saturated rings. The maximum atomic E-state index is 11.6. The first kappa shape index (κ1) is 12.3. The lowest BCUT2D eigenvalue weighted by molar-refractivity contribution is 0.0595. The molecule has 0 spiro atoms. The van der Waals surface area contributed by atoms with Crippen LogP contribution in [0.5, 0.6) is 0 Å². The van der Waals surface area contributed by atoms with Crippen LogP contribution in [0.1, 0.15) is 16.1 Å². The van der Waals surface area contributed by atoms with Crippen molar-refractivity contribution in [3.05, 3.63) is 39.4 Å². The number of benzene rings is 1. The molecule has 0 unspecified atom stereocenters. The number of carbonyl (C=O) groups is 1. The smallest absolute Gasteiger partial charge is 0.358 e. The minimum absolute atomic E-state index is 0.355. The van der Waals surface area contributed by atoms with Crippen LogP contribution in [0, 0.1) is 6.92 Å². The number of ether oxygens (including phenoxy) is 1. The molecule has 0 aliphatic rings. The van der Waals surface area contributed by atoms with E-state index in [2.05, 4.69) is 20.9 Å². The van der Waals surface area contributed by atoms with Crippen molar-refractivity contribution in [1.29, 1.82) is 0 Å². The molecular weight excluding hydrogens is 302 g/mol. The lowest BCUT2D eigenvalue weighted by atomic mass is 10.1. The van der Waals surface area contributed by atoms with E-state index in [4.69, 9.17) is 4.74 Å². The third-order valence-corrected chi connectivity index (χ3v) is 3.85. The topological polar surface area (TPSA) is 39.2 Å². The molecule has 17 heavy (non-hydrogen) atoms. The van der Waals surface area contributed by atoms with E-state index in [-0.39, 0.29) is 0 Å². The Morgan fingerprint density at radius 1 is 1.35 bits per heavy atom. The summed E-state index contributed by atoms with van der Waals surface area (Å²) in [6.07, 6.45) is 0. The maximum absolute atomic E-state index is 11.6. The predicted octanol–water partition coefficient (Wildman–Crippen LogP) is 3.67. The van der Waals surface area contributed by atoms with E-state index in [1.807, 2.05) is 31.2 Å². The molecule has 88 valence electrons. The van der Waals surface area contributed by atoms with Crippen molar-refractivity contribution in [2.24, 2.45) is 0 Å². The van der Waals surface area contributed by atoms with E-state index < -0.39 is 5.97 Å². The van der Waals surface area contributed by atoms with Crippen LogP contribution in [0.15, 0.2) is 28.2 Å². The van der Waals surface area contributed by atoms with Gasteiger partial charge in [0.1, 0.15) is 0 Å². The Kier molecular flexibility index (Phi) is 3.59. The monoisotopic (exact) mass is 311 g/mol. The Balaban J connectivity index is 2.51. The van der Waals surface area contributed by atoms with E-state index in [0.717, 1.165) is 10.4 Å². The largest absolute Gasteiger partial charge is 0.464 e. The van der Waals surface area contributed by atoms with Gasteiger partial charge in [0.15, 0.2) is 9.61 Å². The molecule has 0 saturated heterocycles. The number of esters is 1. The van der Waals surface area contributed by atoms with Gasteiger partial charge in [-0.3, -0.25) is 0 Å². The van der Waals surface area contributed by atoms with Gasteiger partial charge in [-0.1, -0.05) is 29.8 Å². The summed E-state index contributed by atoms with van der Waals surface area (Å²) in [5.74, 6) is -0.414. The molecule has 5 heteroatoms. The first-order valence-corrected chi connectivity index (χ1v) is 6.54. The molecule has 0 radical (unpaired) electrons. The molecule has 0 aliphatic heterocycles. The normalized spacial score (nSPS) is 10.3. The van der Waals surface area contributed by atoms with Crippen LogP contribution in [-0.2, 0) is 4.74 Å². The average Bonchev–Trinajstić information content (AvgIpc) is 2.71. The van der Waals surface area contributed by atoms with E-state index >= 15 is 0 Å². The van der Waals surface area contributed by atoms with Gasteiger partial charge < -0.3 is 4.74 Å². The van der Waals surface area contributed by atoms with E-state index in [0.29, 0.717) is 9.61 Å². The van der Waals surface area contributed by atoms with Crippen molar-refractivity contribution in [2.45, 2.75) is 6.92 Å². The Morgan fingerprint density at radius 3 is 2.59 bits per heavy atom. The highest BCUT2D eigenvalue weighted by molar-refractivity contribution is 9.11. The molecule has 2 aromatic rings. The van der Waals surface area contributed by atoms with E-state index in [9.17, 15) is 4.79 Å². The Morgan fingerprint density at radius 2 is 2.00 bits per heavy atom. The highest BCUT2D eigenvalue weighted by Gasteiger charge is 2.19. The van der Waals surface area contributed by atoms with Gasteiger partial charge in [0.2, 0.25) is 0 Å². The lowest BCUT2D eigenvalue weighted by Gasteiger charge is -2.01. The van der Waals surface area contributed by atoms with Crippen LogP contribution in [0.4, 0.5) is 0 Å². The number of rotatable bonds is 2. The number of methoxy groups -OCH3 is 1. The molecule has 0 saturated carbocycles. The third-order valence-electron chi connectivity index (χ3n) is 2.29. The molecule has 0 atom stereocenters. The van der Waals surface area contributed by atoms with E-state index in [1.54, 1.807) is 0 Å². The quantitative estimate of drug-likeness (QED) is 0.794. The molecule has 2 rings (SSSR count). The van der Waals surface area contributed by atoms with Gasteiger partial charge in [-0.2, -0.15) is 0 Å². The summed E-state index contributed by atoms with van der Waals surface area (Å²) >= 11 is 4.71. The van der Waals surface area contributed by atoms with Crippen molar-refractivity contribution in [3.63, 3.8) is 0 Å². The fourth-order valence-corrected chi connectivity index (χ4v) is 2.88. The number of aryl methyl sites for hydroxylation is 1. The second kappa shape index (κ2) is 4.98. The summed E-state index contributed by atoms with van der Waals surface area (Å²) in [7, 11) is 1.36. The van der Waals surface area contributed by atoms with Crippen molar-refractivity contribution in [3.8, 4) is 10.4 Å². The Bertz CT molecular complexity index is 548. The van der Waals surface area contributed by atoms with Crippen LogP contribution < -0.4 is 0 Å². The molecule has 0 bridgehead atoms. The molecule has 1 aromatic heterocycles. The van der Waals surface area contributed by atoms with Crippen molar-refractivity contribution in [2.75, 3.05) is 7.11 Å². The lowest BCUT2D eigenvalue weighted by Crippen LogP contribution is -2.03. The molecule has 0 aliphatic carbocycles. The number of nitrogens with zero attached hydrogens (tertiary/aromatic N) is 1. The fraction of sp³-hybridized carbons (Fsp3) is 0.167. The minimum Gasteiger partial charge on any atom is -0.464 e. The van der Waals surface area contributed by atoms with Crippen LogP contribution in [0.2, 0.25) is 0 Å². The summed E-state index contributed by atoms with van der Waals surface area (Å²) in [5, 5.41) is 0. The molecule has 3 nitrogen and oxygen atoms in total. The zero-order valence-corrected chi connectivity index (χ0v) is 11.8. The molecule has 1 heterocycles. The van der Waals surface area contributed by atoms with Gasteiger partial charge in [0, 0.05) is 0 Å². The Labute approximate surface area is 112 Å². The van der Waals surface area contributed by atoms with Crippen molar-refractivity contribution in [1.82, 2.24) is 4.98 Å².